The van der Waals surface area contributed by atoms with Gasteiger partial charge in [-0.25, -0.2) is 18.4 Å². The van der Waals surface area contributed by atoms with E-state index in [9.17, 15) is 18.0 Å². The van der Waals surface area contributed by atoms with Crippen LogP contribution in [0.1, 0.15) is 41.0 Å². The average Bonchev–Trinajstić information content (AvgIpc) is 2.88. The first-order valence-electron chi connectivity index (χ1n) is 12.5. The first-order valence-corrected chi connectivity index (χ1v) is 14.4. The van der Waals surface area contributed by atoms with Gasteiger partial charge in [0.2, 0.25) is 0 Å². The molecule has 0 fully saturated rings. The van der Waals surface area contributed by atoms with Crippen molar-refractivity contribution in [2.45, 2.75) is 44.8 Å². The molecule has 0 saturated carbocycles. The summed E-state index contributed by atoms with van der Waals surface area (Å²) in [6, 6.07) is 17.0. The molecule has 0 aliphatic carbocycles. The zero-order chi connectivity index (χ0) is 27.9. The Balaban J connectivity index is 1.55. The summed E-state index contributed by atoms with van der Waals surface area (Å²) in [5, 5.41) is 0. The molecular formula is C29H29N5O4S. The average molecular weight is 544 g/mol. The van der Waals surface area contributed by atoms with Crippen molar-refractivity contribution in [3.05, 3.63) is 122 Å². The summed E-state index contributed by atoms with van der Waals surface area (Å²) in [6.45, 7) is 6.44. The van der Waals surface area contributed by atoms with Crippen LogP contribution < -0.4 is 11.1 Å². The van der Waals surface area contributed by atoms with Gasteiger partial charge in [0.25, 0.3) is 11.1 Å². The number of rotatable bonds is 7. The third-order valence-corrected chi connectivity index (χ3v) is 7.92. The van der Waals surface area contributed by atoms with Crippen LogP contribution in [0, 0.1) is 13.8 Å². The highest BCUT2D eigenvalue weighted by Gasteiger charge is 2.20. The lowest BCUT2D eigenvalue weighted by molar-refractivity contribution is 0.187. The monoisotopic (exact) mass is 543 g/mol. The molecule has 1 atom stereocenters. The van der Waals surface area contributed by atoms with Gasteiger partial charge in [0, 0.05) is 49.9 Å². The maximum atomic E-state index is 12.9. The molecule has 9 nitrogen and oxygen atoms in total. The molecule has 0 unspecified atom stereocenters. The minimum absolute atomic E-state index is 0.179. The highest BCUT2D eigenvalue weighted by atomic mass is 32.2. The second kappa shape index (κ2) is 10.2. The first-order chi connectivity index (χ1) is 18.5. The molecule has 0 aliphatic rings. The molecule has 0 bridgehead atoms. The van der Waals surface area contributed by atoms with Crippen LogP contribution in [0.4, 0.5) is 0 Å². The molecule has 0 radical (unpaired) electrons. The summed E-state index contributed by atoms with van der Waals surface area (Å²) in [5.74, 6) is 0. The van der Waals surface area contributed by atoms with Gasteiger partial charge >= 0.3 is 0 Å². The Morgan fingerprint density at radius 3 is 1.67 bits per heavy atom. The molecule has 1 aromatic carbocycles. The summed E-state index contributed by atoms with van der Waals surface area (Å²) < 4.78 is 27.0. The maximum absolute atomic E-state index is 12.9. The number of sulfone groups is 1. The van der Waals surface area contributed by atoms with Crippen molar-refractivity contribution in [1.82, 2.24) is 23.7 Å². The van der Waals surface area contributed by atoms with Gasteiger partial charge in [0.15, 0.2) is 9.84 Å². The number of aromatic nitrogens is 4. The van der Waals surface area contributed by atoms with Crippen molar-refractivity contribution in [3.63, 3.8) is 0 Å². The molecule has 200 valence electrons. The maximum Gasteiger partial charge on any atom is 0.258 e. The number of pyridine rings is 2. The molecule has 5 aromatic rings. The lowest BCUT2D eigenvalue weighted by atomic mass is 10.1. The van der Waals surface area contributed by atoms with E-state index in [4.69, 9.17) is 9.97 Å². The van der Waals surface area contributed by atoms with E-state index in [0.29, 0.717) is 35.8 Å². The largest absolute Gasteiger partial charge is 0.285 e. The van der Waals surface area contributed by atoms with E-state index in [-0.39, 0.29) is 22.1 Å². The van der Waals surface area contributed by atoms with Gasteiger partial charge in [-0.15, -0.1) is 0 Å². The SMILES string of the molecule is Cc1ccc2nc(CN(Cc3cc(=O)n4cc(C)ccc4n3)[C@@H](C)c3ccc(S(C)(=O)=O)cc3)cc(=O)n2c1. The molecule has 4 aromatic heterocycles. The van der Waals surface area contributed by atoms with E-state index < -0.39 is 9.84 Å². The van der Waals surface area contributed by atoms with Gasteiger partial charge < -0.3 is 0 Å². The fourth-order valence-electron chi connectivity index (χ4n) is 4.63. The molecule has 0 aliphatic heterocycles. The summed E-state index contributed by atoms with van der Waals surface area (Å²) in [7, 11) is -3.33. The second-order valence-electron chi connectivity index (χ2n) is 9.96. The molecule has 0 spiro atoms. The van der Waals surface area contributed by atoms with Crippen molar-refractivity contribution >= 4 is 21.1 Å². The molecule has 0 amide bonds. The summed E-state index contributed by atoms with van der Waals surface area (Å²) in [4.78, 5) is 37.5. The van der Waals surface area contributed by atoms with Crippen LogP contribution >= 0.6 is 0 Å². The van der Waals surface area contributed by atoms with Crippen LogP contribution in [0.25, 0.3) is 11.3 Å². The summed E-state index contributed by atoms with van der Waals surface area (Å²) in [5.41, 5.74) is 4.68. The van der Waals surface area contributed by atoms with Crippen molar-refractivity contribution in [2.75, 3.05) is 6.26 Å². The molecule has 4 heterocycles. The van der Waals surface area contributed by atoms with Crippen LogP contribution in [0.15, 0.2) is 87.5 Å². The molecule has 0 saturated heterocycles. The summed E-state index contributed by atoms with van der Waals surface area (Å²) in [6.07, 6.45) is 4.69. The highest BCUT2D eigenvalue weighted by molar-refractivity contribution is 7.90. The Labute approximate surface area is 226 Å². The Morgan fingerprint density at radius 1 is 0.769 bits per heavy atom. The molecule has 0 N–H and O–H groups in total. The van der Waals surface area contributed by atoms with Gasteiger partial charge in [-0.2, -0.15) is 0 Å². The second-order valence-corrected chi connectivity index (χ2v) is 12.0. The number of nitrogens with zero attached hydrogens (tertiary/aromatic N) is 5. The van der Waals surface area contributed by atoms with E-state index in [0.717, 1.165) is 16.7 Å². The Morgan fingerprint density at radius 2 is 1.23 bits per heavy atom. The Hall–Kier alpha value is -4.15. The van der Waals surface area contributed by atoms with Crippen LogP contribution in [0.2, 0.25) is 0 Å². The van der Waals surface area contributed by atoms with Gasteiger partial charge in [-0.05, 0) is 61.7 Å². The number of hydrogen-bond acceptors (Lipinski definition) is 7. The third-order valence-electron chi connectivity index (χ3n) is 6.79. The fourth-order valence-corrected chi connectivity index (χ4v) is 5.26. The van der Waals surface area contributed by atoms with Crippen LogP contribution in [-0.4, -0.2) is 38.3 Å². The smallest absolute Gasteiger partial charge is 0.258 e. The Kier molecular flexibility index (Phi) is 6.92. The number of fused-ring (bicyclic) bond motifs is 2. The molecule has 5 rings (SSSR count). The van der Waals surface area contributed by atoms with Crippen LogP contribution in [0.5, 0.6) is 0 Å². The standard InChI is InChI=1S/C29H29N5O4S/c1-19-5-11-26-30-23(13-28(35)33(26)15-19)17-32(21(3)22-7-9-25(10-8-22)39(4,37)38)18-24-14-29(36)34-16-20(2)6-12-27(34)31-24/h5-16,21H,17-18H2,1-4H3/t21-/m0/s1. The van der Waals surface area contributed by atoms with Gasteiger partial charge in [-0.3, -0.25) is 23.3 Å². The van der Waals surface area contributed by atoms with Crippen LogP contribution in [0.3, 0.4) is 0 Å². The number of benzene rings is 1. The van der Waals surface area contributed by atoms with Crippen molar-refractivity contribution in [2.24, 2.45) is 0 Å². The molecule has 10 heteroatoms. The van der Waals surface area contributed by atoms with Gasteiger partial charge in [0.1, 0.15) is 11.3 Å². The zero-order valence-electron chi connectivity index (χ0n) is 22.2. The third kappa shape index (κ3) is 5.67. The Bertz CT molecular complexity index is 1830. The van der Waals surface area contributed by atoms with E-state index in [1.807, 2.05) is 45.0 Å². The predicted octanol–water partition coefficient (Wildman–Crippen LogP) is 3.49. The minimum Gasteiger partial charge on any atom is -0.285 e. The molecule has 39 heavy (non-hydrogen) atoms. The fraction of sp³-hybridized carbons (Fsp3) is 0.241. The van der Waals surface area contributed by atoms with Gasteiger partial charge in [-0.1, -0.05) is 24.3 Å². The normalized spacial score (nSPS) is 12.8. The van der Waals surface area contributed by atoms with E-state index >= 15 is 0 Å². The number of hydrogen-bond donors (Lipinski definition) is 0. The van der Waals surface area contributed by atoms with Crippen molar-refractivity contribution in [3.8, 4) is 0 Å². The minimum atomic E-state index is -3.33. The van der Waals surface area contributed by atoms with E-state index in [2.05, 4.69) is 4.90 Å². The van der Waals surface area contributed by atoms with Crippen LogP contribution in [-0.2, 0) is 22.9 Å². The number of aryl methyl sites for hydroxylation is 2. The lowest BCUT2D eigenvalue weighted by Gasteiger charge is -2.29. The lowest BCUT2D eigenvalue weighted by Crippen LogP contribution is -2.29. The molecular weight excluding hydrogens is 514 g/mol. The highest BCUT2D eigenvalue weighted by Crippen LogP contribution is 2.25. The van der Waals surface area contributed by atoms with E-state index in [1.165, 1.54) is 27.2 Å². The van der Waals surface area contributed by atoms with Crippen molar-refractivity contribution in [1.29, 1.82) is 0 Å². The zero-order valence-corrected chi connectivity index (χ0v) is 23.0. The van der Waals surface area contributed by atoms with Gasteiger partial charge in [0.05, 0.1) is 16.3 Å². The first kappa shape index (κ1) is 26.5. The predicted molar refractivity (Wildman–Crippen MR) is 150 cm³/mol. The van der Waals surface area contributed by atoms with E-state index in [1.54, 1.807) is 36.7 Å². The van der Waals surface area contributed by atoms with Crippen molar-refractivity contribution < 1.29 is 8.42 Å². The summed E-state index contributed by atoms with van der Waals surface area (Å²) >= 11 is 0. The quantitative estimate of drug-likeness (QED) is 0.309. The topological polar surface area (TPSA) is 106 Å².